The molecular formula is C27H37N3O3. The summed E-state index contributed by atoms with van der Waals surface area (Å²) in [7, 11) is 4.06. The molecule has 6 nitrogen and oxygen atoms in total. The van der Waals surface area contributed by atoms with Crippen LogP contribution >= 0.6 is 0 Å². The maximum atomic E-state index is 13.3. The molecule has 1 aromatic rings. The fourth-order valence-electron chi connectivity index (χ4n) is 4.85. The number of carbonyl (C=O) groups excluding carboxylic acids is 2. The molecule has 6 heteroatoms. The van der Waals surface area contributed by atoms with Crippen LogP contribution in [0.3, 0.4) is 0 Å². The Hall–Kier alpha value is -2.86. The molecule has 1 heterocycles. The van der Waals surface area contributed by atoms with Crippen molar-refractivity contribution in [3.8, 4) is 5.75 Å². The van der Waals surface area contributed by atoms with Crippen LogP contribution in [0.15, 0.2) is 46.1 Å². The summed E-state index contributed by atoms with van der Waals surface area (Å²) in [6, 6.07) is 4.96. The highest BCUT2D eigenvalue weighted by Gasteiger charge is 2.31. The van der Waals surface area contributed by atoms with Gasteiger partial charge in [-0.05, 0) is 102 Å². The van der Waals surface area contributed by atoms with E-state index in [-0.39, 0.29) is 17.6 Å². The summed E-state index contributed by atoms with van der Waals surface area (Å²) >= 11 is 0. The van der Waals surface area contributed by atoms with Gasteiger partial charge in [-0.15, -0.1) is 0 Å². The second-order valence-corrected chi connectivity index (χ2v) is 9.31. The summed E-state index contributed by atoms with van der Waals surface area (Å²) in [5, 5.41) is 16.1. The monoisotopic (exact) mass is 451 g/mol. The summed E-state index contributed by atoms with van der Waals surface area (Å²) in [4.78, 5) is 28.3. The maximum Gasteiger partial charge on any atom is 0.256 e. The first-order valence-corrected chi connectivity index (χ1v) is 12.0. The lowest BCUT2D eigenvalue weighted by Crippen LogP contribution is -2.30. The molecule has 2 amide bonds. The van der Waals surface area contributed by atoms with E-state index in [0.29, 0.717) is 12.1 Å². The molecule has 2 aliphatic rings. The van der Waals surface area contributed by atoms with E-state index in [1.54, 1.807) is 18.2 Å². The second kappa shape index (κ2) is 10.8. The minimum atomic E-state index is -0.143. The molecule has 0 spiro atoms. The standard InChI is InChI=1S/C27H37N3O3/c1-6-9-17(2)24(26(32)28-14-8-15-30(4)5)20-10-7-11-21(18(20)3)25-22-16-19(31)12-13-23(22)29-27(25)33/h12-13,16,31H,6-11,14-15H2,1-5H3,(H,28,32)(H,29,33)/b24-17+,25-21-. The van der Waals surface area contributed by atoms with E-state index in [9.17, 15) is 14.7 Å². The van der Waals surface area contributed by atoms with E-state index in [1.165, 1.54) is 0 Å². The summed E-state index contributed by atoms with van der Waals surface area (Å²) in [6.45, 7) is 7.76. The number of nitrogens with one attached hydrogen (secondary N) is 2. The maximum absolute atomic E-state index is 13.3. The first kappa shape index (κ1) is 24.8. The zero-order chi connectivity index (χ0) is 24.1. The van der Waals surface area contributed by atoms with Gasteiger partial charge in [0.2, 0.25) is 0 Å². The Morgan fingerprint density at radius 3 is 2.70 bits per heavy atom. The summed E-state index contributed by atoms with van der Waals surface area (Å²) < 4.78 is 0. The average molecular weight is 452 g/mol. The zero-order valence-corrected chi connectivity index (χ0v) is 20.6. The Labute approximate surface area is 197 Å². The third-order valence-electron chi connectivity index (χ3n) is 6.46. The number of carbonyl (C=O) groups is 2. The minimum absolute atomic E-state index is 0.0192. The Bertz CT molecular complexity index is 1030. The molecule has 1 aliphatic carbocycles. The number of phenolic OH excluding ortho intramolecular Hbond substituents is 1. The Balaban J connectivity index is 2.03. The lowest BCUT2D eigenvalue weighted by Gasteiger charge is -2.25. The normalized spacial score (nSPS) is 18.9. The fourth-order valence-corrected chi connectivity index (χ4v) is 4.85. The average Bonchev–Trinajstić information content (AvgIpc) is 3.07. The van der Waals surface area contributed by atoms with Crippen LogP contribution in [0, 0.1) is 0 Å². The van der Waals surface area contributed by atoms with Gasteiger partial charge < -0.3 is 20.6 Å². The first-order valence-electron chi connectivity index (χ1n) is 12.0. The molecule has 0 aromatic heterocycles. The number of nitrogens with zero attached hydrogens (tertiary/aromatic N) is 1. The van der Waals surface area contributed by atoms with Gasteiger partial charge in [-0.2, -0.15) is 0 Å². The number of anilines is 1. The van der Waals surface area contributed by atoms with Crippen molar-refractivity contribution >= 4 is 23.1 Å². The highest BCUT2D eigenvalue weighted by atomic mass is 16.3. The van der Waals surface area contributed by atoms with Crippen molar-refractivity contribution in [2.75, 3.05) is 32.5 Å². The first-order chi connectivity index (χ1) is 15.7. The molecule has 1 aromatic carbocycles. The van der Waals surface area contributed by atoms with Crippen molar-refractivity contribution in [2.24, 2.45) is 0 Å². The number of phenols is 1. The quantitative estimate of drug-likeness (QED) is 0.302. The highest BCUT2D eigenvalue weighted by Crippen LogP contribution is 2.43. The highest BCUT2D eigenvalue weighted by molar-refractivity contribution is 6.32. The molecule has 0 unspecified atom stereocenters. The zero-order valence-electron chi connectivity index (χ0n) is 20.6. The van der Waals surface area contributed by atoms with Crippen LogP contribution in [-0.2, 0) is 9.59 Å². The van der Waals surface area contributed by atoms with Gasteiger partial charge in [0.25, 0.3) is 11.8 Å². The molecule has 3 rings (SSSR count). The van der Waals surface area contributed by atoms with Crippen LogP contribution in [0.1, 0.15) is 64.9 Å². The SMILES string of the molecule is CCC/C(C)=C(/C(=O)NCCCN(C)C)C1=C(C)/C(=C2\C(=O)Nc3ccc(O)cc32)CCC1. The van der Waals surface area contributed by atoms with E-state index < -0.39 is 0 Å². The van der Waals surface area contributed by atoms with Gasteiger partial charge in [0.05, 0.1) is 5.57 Å². The smallest absolute Gasteiger partial charge is 0.256 e. The van der Waals surface area contributed by atoms with Gasteiger partial charge in [-0.25, -0.2) is 0 Å². The van der Waals surface area contributed by atoms with Crippen LogP contribution in [0.5, 0.6) is 5.75 Å². The second-order valence-electron chi connectivity index (χ2n) is 9.31. The van der Waals surface area contributed by atoms with E-state index >= 15 is 0 Å². The predicted octanol–water partition coefficient (Wildman–Crippen LogP) is 4.78. The van der Waals surface area contributed by atoms with E-state index in [0.717, 1.165) is 84.2 Å². The van der Waals surface area contributed by atoms with Crippen LogP contribution in [-0.4, -0.2) is 49.0 Å². The fraction of sp³-hybridized carbons (Fsp3) is 0.481. The number of hydrogen-bond donors (Lipinski definition) is 3. The van der Waals surface area contributed by atoms with Gasteiger partial charge in [0.15, 0.2) is 0 Å². The van der Waals surface area contributed by atoms with E-state index in [4.69, 9.17) is 0 Å². The number of fused-ring (bicyclic) bond motifs is 1. The summed E-state index contributed by atoms with van der Waals surface area (Å²) in [5.41, 5.74) is 6.98. The summed E-state index contributed by atoms with van der Waals surface area (Å²) in [6.07, 6.45) is 5.20. The lowest BCUT2D eigenvalue weighted by molar-refractivity contribution is -0.117. The molecule has 0 fully saturated rings. The number of hydrogen-bond acceptors (Lipinski definition) is 4. The van der Waals surface area contributed by atoms with Gasteiger partial charge in [0.1, 0.15) is 5.75 Å². The largest absolute Gasteiger partial charge is 0.508 e. The topological polar surface area (TPSA) is 81.7 Å². The van der Waals surface area contributed by atoms with Crippen molar-refractivity contribution in [3.63, 3.8) is 0 Å². The van der Waals surface area contributed by atoms with Gasteiger partial charge >= 0.3 is 0 Å². The molecule has 178 valence electrons. The van der Waals surface area contributed by atoms with E-state index in [2.05, 4.69) is 29.4 Å². The van der Waals surface area contributed by atoms with Crippen LogP contribution in [0.25, 0.3) is 5.57 Å². The van der Waals surface area contributed by atoms with Crippen molar-refractivity contribution in [1.82, 2.24) is 10.2 Å². The molecule has 0 atom stereocenters. The van der Waals surface area contributed by atoms with Crippen molar-refractivity contribution in [2.45, 2.75) is 59.3 Å². The third-order valence-corrected chi connectivity index (χ3v) is 6.46. The Morgan fingerprint density at radius 2 is 2.00 bits per heavy atom. The molecule has 33 heavy (non-hydrogen) atoms. The van der Waals surface area contributed by atoms with Crippen molar-refractivity contribution < 1.29 is 14.7 Å². The van der Waals surface area contributed by atoms with Crippen molar-refractivity contribution in [1.29, 1.82) is 0 Å². The lowest BCUT2D eigenvalue weighted by atomic mass is 9.79. The summed E-state index contributed by atoms with van der Waals surface area (Å²) in [5.74, 6) is -0.0261. The molecule has 0 saturated carbocycles. The Kier molecular flexibility index (Phi) is 8.14. The van der Waals surface area contributed by atoms with Gasteiger partial charge in [-0.3, -0.25) is 9.59 Å². The van der Waals surface area contributed by atoms with E-state index in [1.807, 2.05) is 21.0 Å². The Morgan fingerprint density at radius 1 is 1.24 bits per heavy atom. The van der Waals surface area contributed by atoms with Gasteiger partial charge in [0, 0.05) is 23.4 Å². The molecule has 1 aliphatic heterocycles. The third kappa shape index (κ3) is 5.56. The molecular weight excluding hydrogens is 414 g/mol. The molecule has 3 N–H and O–H groups in total. The molecule has 0 radical (unpaired) electrons. The number of allylic oxidation sites excluding steroid dienone is 3. The van der Waals surface area contributed by atoms with Gasteiger partial charge in [-0.1, -0.05) is 18.9 Å². The number of rotatable bonds is 8. The van der Waals surface area contributed by atoms with Crippen LogP contribution in [0.4, 0.5) is 5.69 Å². The minimum Gasteiger partial charge on any atom is -0.508 e. The molecule has 0 saturated heterocycles. The number of aromatic hydroxyl groups is 1. The van der Waals surface area contributed by atoms with Crippen LogP contribution in [0.2, 0.25) is 0 Å². The predicted molar refractivity (Wildman–Crippen MR) is 134 cm³/mol. The number of benzene rings is 1. The van der Waals surface area contributed by atoms with Crippen LogP contribution < -0.4 is 10.6 Å². The number of amides is 2. The molecule has 0 bridgehead atoms. The van der Waals surface area contributed by atoms with Crippen molar-refractivity contribution in [3.05, 3.63) is 51.6 Å².